The van der Waals surface area contributed by atoms with Crippen LogP contribution >= 0.6 is 22.6 Å². The maximum absolute atomic E-state index is 11.7. The SMILES string of the molecule is O=c1c([N+](=O)[O-])c[nH]c2ccc(I)cc12. The van der Waals surface area contributed by atoms with Crippen LogP contribution in [0.1, 0.15) is 0 Å². The van der Waals surface area contributed by atoms with Crippen molar-refractivity contribution < 1.29 is 4.92 Å². The number of aromatic nitrogens is 1. The van der Waals surface area contributed by atoms with Crippen LogP contribution in [0.4, 0.5) is 5.69 Å². The van der Waals surface area contributed by atoms with Gasteiger partial charge in [-0.2, -0.15) is 0 Å². The third-order valence-electron chi connectivity index (χ3n) is 2.02. The monoisotopic (exact) mass is 316 g/mol. The van der Waals surface area contributed by atoms with Crippen molar-refractivity contribution >= 4 is 39.2 Å². The summed E-state index contributed by atoms with van der Waals surface area (Å²) in [4.78, 5) is 24.2. The molecule has 1 aromatic carbocycles. The van der Waals surface area contributed by atoms with E-state index in [1.165, 1.54) is 0 Å². The molecule has 0 atom stereocenters. The van der Waals surface area contributed by atoms with E-state index in [1.807, 2.05) is 6.07 Å². The summed E-state index contributed by atoms with van der Waals surface area (Å²) in [6.45, 7) is 0. The lowest BCUT2D eigenvalue weighted by Gasteiger charge is -1.97. The van der Waals surface area contributed by atoms with Crippen LogP contribution in [0.2, 0.25) is 0 Å². The number of rotatable bonds is 1. The number of nitro groups is 1. The van der Waals surface area contributed by atoms with Crippen molar-refractivity contribution in [2.24, 2.45) is 0 Å². The van der Waals surface area contributed by atoms with E-state index < -0.39 is 16.0 Å². The summed E-state index contributed by atoms with van der Waals surface area (Å²) in [5, 5.41) is 10.9. The summed E-state index contributed by atoms with van der Waals surface area (Å²) in [6.07, 6.45) is 1.12. The van der Waals surface area contributed by atoms with Gasteiger partial charge in [0.05, 0.1) is 16.5 Å². The highest BCUT2D eigenvalue weighted by atomic mass is 127. The second kappa shape index (κ2) is 3.61. The maximum atomic E-state index is 11.7. The molecule has 1 aromatic heterocycles. The second-order valence-electron chi connectivity index (χ2n) is 2.95. The molecule has 76 valence electrons. The fourth-order valence-corrected chi connectivity index (χ4v) is 1.81. The van der Waals surface area contributed by atoms with E-state index in [1.54, 1.807) is 12.1 Å². The van der Waals surface area contributed by atoms with Gasteiger partial charge in [0.2, 0.25) is 0 Å². The first-order valence-corrected chi connectivity index (χ1v) is 5.13. The number of nitrogens with one attached hydrogen (secondary N) is 1. The van der Waals surface area contributed by atoms with Gasteiger partial charge in [0.25, 0.3) is 5.43 Å². The van der Waals surface area contributed by atoms with Crippen molar-refractivity contribution in [3.8, 4) is 0 Å². The summed E-state index contributed by atoms with van der Waals surface area (Å²) in [5.74, 6) is 0. The van der Waals surface area contributed by atoms with E-state index >= 15 is 0 Å². The Hall–Kier alpha value is -1.44. The van der Waals surface area contributed by atoms with E-state index in [2.05, 4.69) is 27.6 Å². The normalized spacial score (nSPS) is 10.5. The lowest BCUT2D eigenvalue weighted by Crippen LogP contribution is -2.09. The Morgan fingerprint density at radius 2 is 2.13 bits per heavy atom. The Labute approximate surface area is 97.4 Å². The zero-order valence-electron chi connectivity index (χ0n) is 7.36. The third kappa shape index (κ3) is 1.72. The molecule has 0 amide bonds. The first kappa shape index (κ1) is 10.1. The van der Waals surface area contributed by atoms with Crippen molar-refractivity contribution in [1.82, 2.24) is 4.98 Å². The molecule has 0 radical (unpaired) electrons. The maximum Gasteiger partial charge on any atom is 0.332 e. The van der Waals surface area contributed by atoms with Gasteiger partial charge in [-0.05, 0) is 40.8 Å². The first-order valence-electron chi connectivity index (χ1n) is 4.05. The Kier molecular flexibility index (Phi) is 2.43. The fourth-order valence-electron chi connectivity index (χ4n) is 1.32. The van der Waals surface area contributed by atoms with Gasteiger partial charge >= 0.3 is 5.69 Å². The van der Waals surface area contributed by atoms with Crippen LogP contribution in [0, 0.1) is 13.7 Å². The number of pyridine rings is 1. The number of nitrogens with zero attached hydrogens (tertiary/aromatic N) is 1. The second-order valence-corrected chi connectivity index (χ2v) is 4.20. The molecule has 1 N–H and O–H groups in total. The number of H-pyrrole nitrogens is 1. The van der Waals surface area contributed by atoms with Crippen molar-refractivity contribution in [3.05, 3.63) is 48.3 Å². The summed E-state index contributed by atoms with van der Waals surface area (Å²) in [6, 6.07) is 5.18. The molecular weight excluding hydrogens is 311 g/mol. The van der Waals surface area contributed by atoms with Crippen LogP contribution in [0.25, 0.3) is 10.9 Å². The Bertz CT molecular complexity index is 606. The highest BCUT2D eigenvalue weighted by Gasteiger charge is 2.14. The number of fused-ring (bicyclic) bond motifs is 1. The van der Waals surface area contributed by atoms with Crippen LogP contribution in [0.15, 0.2) is 29.2 Å². The number of hydrogen-bond acceptors (Lipinski definition) is 3. The van der Waals surface area contributed by atoms with E-state index in [0.717, 1.165) is 9.77 Å². The van der Waals surface area contributed by atoms with Crippen LogP contribution < -0.4 is 5.43 Å². The van der Waals surface area contributed by atoms with E-state index in [-0.39, 0.29) is 0 Å². The standard InChI is InChI=1S/C9H5IN2O3/c10-5-1-2-7-6(3-5)9(13)8(4-11-7)12(14)15/h1-4H,(H,11,13). The number of hydrogen-bond donors (Lipinski definition) is 1. The lowest BCUT2D eigenvalue weighted by atomic mass is 10.2. The summed E-state index contributed by atoms with van der Waals surface area (Å²) in [7, 11) is 0. The molecule has 0 aliphatic rings. The minimum Gasteiger partial charge on any atom is -0.355 e. The van der Waals surface area contributed by atoms with Crippen molar-refractivity contribution in [1.29, 1.82) is 0 Å². The third-order valence-corrected chi connectivity index (χ3v) is 2.69. The molecule has 15 heavy (non-hydrogen) atoms. The highest BCUT2D eigenvalue weighted by Crippen LogP contribution is 2.14. The average Bonchev–Trinajstić information content (AvgIpc) is 2.19. The number of benzene rings is 1. The first-order chi connectivity index (χ1) is 7.09. The van der Waals surface area contributed by atoms with Gasteiger partial charge in [-0.25, -0.2) is 0 Å². The van der Waals surface area contributed by atoms with Gasteiger partial charge in [-0.1, -0.05) is 0 Å². The molecule has 0 spiro atoms. The molecule has 5 nitrogen and oxygen atoms in total. The van der Waals surface area contributed by atoms with Crippen LogP contribution in [0.3, 0.4) is 0 Å². The van der Waals surface area contributed by atoms with Crippen molar-refractivity contribution in [2.75, 3.05) is 0 Å². The minimum atomic E-state index is -0.682. The number of aromatic amines is 1. The largest absolute Gasteiger partial charge is 0.355 e. The Morgan fingerprint density at radius 1 is 1.40 bits per heavy atom. The Morgan fingerprint density at radius 3 is 2.80 bits per heavy atom. The van der Waals surface area contributed by atoms with Crippen LogP contribution in [-0.4, -0.2) is 9.91 Å². The zero-order chi connectivity index (χ0) is 11.0. The molecule has 0 saturated carbocycles. The van der Waals surface area contributed by atoms with E-state index in [9.17, 15) is 14.9 Å². The van der Waals surface area contributed by atoms with Crippen LogP contribution in [-0.2, 0) is 0 Å². The lowest BCUT2D eigenvalue weighted by molar-refractivity contribution is -0.386. The molecular formula is C9H5IN2O3. The van der Waals surface area contributed by atoms with Crippen LogP contribution in [0.5, 0.6) is 0 Å². The van der Waals surface area contributed by atoms with Gasteiger partial charge in [0.1, 0.15) is 0 Å². The fraction of sp³-hybridized carbons (Fsp3) is 0. The molecule has 0 fully saturated rings. The van der Waals surface area contributed by atoms with E-state index in [0.29, 0.717) is 10.9 Å². The van der Waals surface area contributed by atoms with Gasteiger partial charge in [0, 0.05) is 9.09 Å². The molecule has 2 rings (SSSR count). The minimum absolute atomic E-state index is 0.344. The van der Waals surface area contributed by atoms with Gasteiger partial charge < -0.3 is 4.98 Å². The topological polar surface area (TPSA) is 76.0 Å². The van der Waals surface area contributed by atoms with Crippen molar-refractivity contribution in [2.45, 2.75) is 0 Å². The molecule has 6 heteroatoms. The van der Waals surface area contributed by atoms with E-state index in [4.69, 9.17) is 0 Å². The zero-order valence-corrected chi connectivity index (χ0v) is 9.52. The summed E-state index contributed by atoms with van der Waals surface area (Å²) < 4.78 is 0.867. The molecule has 0 bridgehead atoms. The molecule has 0 aliphatic carbocycles. The predicted molar refractivity (Wildman–Crippen MR) is 63.9 cm³/mol. The molecule has 1 heterocycles. The average molecular weight is 316 g/mol. The molecule has 0 aliphatic heterocycles. The molecule has 0 saturated heterocycles. The van der Waals surface area contributed by atoms with Gasteiger partial charge in [-0.3, -0.25) is 14.9 Å². The number of halogens is 1. The quantitative estimate of drug-likeness (QED) is 0.497. The summed E-state index contributed by atoms with van der Waals surface area (Å²) in [5.41, 5.74) is -0.372. The van der Waals surface area contributed by atoms with Gasteiger partial charge in [-0.15, -0.1) is 0 Å². The molecule has 2 aromatic rings. The van der Waals surface area contributed by atoms with Gasteiger partial charge in [0.15, 0.2) is 0 Å². The highest BCUT2D eigenvalue weighted by molar-refractivity contribution is 14.1. The predicted octanol–water partition coefficient (Wildman–Crippen LogP) is 2.04. The molecule has 0 unspecified atom stereocenters. The Balaban J connectivity index is 2.89. The smallest absolute Gasteiger partial charge is 0.332 e. The summed E-state index contributed by atoms with van der Waals surface area (Å²) >= 11 is 2.05. The van der Waals surface area contributed by atoms with Crippen molar-refractivity contribution in [3.63, 3.8) is 0 Å².